The second-order valence-corrected chi connectivity index (χ2v) is 5.64. The lowest BCUT2D eigenvalue weighted by Gasteiger charge is -2.29. The Kier molecular flexibility index (Phi) is 5.53. The van der Waals surface area contributed by atoms with Gasteiger partial charge in [0.2, 0.25) is 11.8 Å². The molecule has 5 nitrogen and oxygen atoms in total. The summed E-state index contributed by atoms with van der Waals surface area (Å²) in [5.74, 6) is -0.727. The van der Waals surface area contributed by atoms with Gasteiger partial charge in [0.05, 0.1) is 0 Å². The number of amides is 3. The highest BCUT2D eigenvalue weighted by atomic mass is 16.2. The number of fused-ring (bicyclic) bond motifs is 1. The smallest absolute Gasteiger partial charge is 0.255 e. The summed E-state index contributed by atoms with van der Waals surface area (Å²) in [6.45, 7) is 6.58. The standard InChI is InChI=1S/C16H18N2O3.C2H6/c1-2-3-10-4-5-12-11(8-10)9-18(16(12)21)13-6-7-14(19)17-15(13)20;1-2/h4-5,8,13H,2-3,6-7,9H2,1H3,(H,17,19,20);1-2H3. The fourth-order valence-corrected chi connectivity index (χ4v) is 3.07. The molecule has 1 atom stereocenters. The van der Waals surface area contributed by atoms with Crippen LogP contribution in [0.3, 0.4) is 0 Å². The van der Waals surface area contributed by atoms with Gasteiger partial charge < -0.3 is 4.90 Å². The van der Waals surface area contributed by atoms with Crippen LogP contribution >= 0.6 is 0 Å². The molecule has 5 heteroatoms. The summed E-state index contributed by atoms with van der Waals surface area (Å²) in [5, 5.41) is 2.31. The van der Waals surface area contributed by atoms with Crippen molar-refractivity contribution in [1.29, 1.82) is 0 Å². The third-order valence-electron chi connectivity index (χ3n) is 4.13. The van der Waals surface area contributed by atoms with Crippen molar-refractivity contribution in [3.63, 3.8) is 0 Å². The van der Waals surface area contributed by atoms with Crippen LogP contribution in [0.2, 0.25) is 0 Å². The van der Waals surface area contributed by atoms with Gasteiger partial charge in [-0.15, -0.1) is 0 Å². The van der Waals surface area contributed by atoms with Crippen LogP contribution in [0.4, 0.5) is 0 Å². The molecule has 1 fully saturated rings. The van der Waals surface area contributed by atoms with E-state index in [0.717, 1.165) is 18.4 Å². The lowest BCUT2D eigenvalue weighted by atomic mass is 10.0. The molecule has 2 heterocycles. The van der Waals surface area contributed by atoms with Crippen molar-refractivity contribution in [2.75, 3.05) is 0 Å². The number of rotatable bonds is 3. The van der Waals surface area contributed by atoms with Crippen LogP contribution in [-0.4, -0.2) is 28.7 Å². The van der Waals surface area contributed by atoms with E-state index < -0.39 is 6.04 Å². The molecule has 0 radical (unpaired) electrons. The number of imide groups is 1. The van der Waals surface area contributed by atoms with Crippen molar-refractivity contribution >= 4 is 17.7 Å². The van der Waals surface area contributed by atoms with Gasteiger partial charge in [-0.25, -0.2) is 0 Å². The Morgan fingerprint density at radius 3 is 2.61 bits per heavy atom. The third-order valence-corrected chi connectivity index (χ3v) is 4.13. The zero-order chi connectivity index (χ0) is 17.0. The topological polar surface area (TPSA) is 66.5 Å². The van der Waals surface area contributed by atoms with Crippen LogP contribution in [-0.2, 0) is 22.6 Å². The second kappa shape index (κ2) is 7.40. The summed E-state index contributed by atoms with van der Waals surface area (Å²) < 4.78 is 0. The van der Waals surface area contributed by atoms with Gasteiger partial charge in [0.1, 0.15) is 6.04 Å². The Balaban J connectivity index is 0.000000924. The number of nitrogens with zero attached hydrogens (tertiary/aromatic N) is 1. The Labute approximate surface area is 137 Å². The highest BCUT2D eigenvalue weighted by Crippen LogP contribution is 2.28. The minimum absolute atomic E-state index is 0.109. The summed E-state index contributed by atoms with van der Waals surface area (Å²) in [6.07, 6.45) is 2.74. The molecule has 1 aromatic carbocycles. The Morgan fingerprint density at radius 1 is 1.22 bits per heavy atom. The van der Waals surface area contributed by atoms with Crippen LogP contribution in [0.25, 0.3) is 0 Å². The van der Waals surface area contributed by atoms with Crippen LogP contribution in [0.15, 0.2) is 18.2 Å². The molecular formula is C18H24N2O3. The number of carbonyl (C=O) groups is 3. The van der Waals surface area contributed by atoms with Gasteiger partial charge in [0.15, 0.2) is 0 Å². The summed E-state index contributed by atoms with van der Waals surface area (Å²) in [7, 11) is 0. The number of piperidine rings is 1. The van der Waals surface area contributed by atoms with E-state index in [2.05, 4.69) is 18.3 Å². The fourth-order valence-electron chi connectivity index (χ4n) is 3.07. The van der Waals surface area contributed by atoms with Crippen molar-refractivity contribution in [1.82, 2.24) is 10.2 Å². The molecule has 2 aliphatic rings. The van der Waals surface area contributed by atoms with E-state index in [1.54, 1.807) is 4.90 Å². The molecule has 2 aliphatic heterocycles. The minimum atomic E-state index is -0.530. The molecular weight excluding hydrogens is 292 g/mol. The van der Waals surface area contributed by atoms with Gasteiger partial charge in [0, 0.05) is 18.5 Å². The first-order valence-electron chi connectivity index (χ1n) is 8.36. The van der Waals surface area contributed by atoms with E-state index in [0.29, 0.717) is 18.5 Å². The highest BCUT2D eigenvalue weighted by molar-refractivity contribution is 6.05. The number of nitrogens with one attached hydrogen (secondary N) is 1. The zero-order valence-corrected chi connectivity index (χ0v) is 14.0. The largest absolute Gasteiger partial charge is 0.322 e. The molecule has 1 saturated heterocycles. The van der Waals surface area contributed by atoms with Crippen molar-refractivity contribution in [2.24, 2.45) is 0 Å². The first-order chi connectivity index (χ1) is 11.1. The SMILES string of the molecule is CC.CCCc1ccc2c(c1)CN(C1CCC(=O)NC1=O)C2=O. The van der Waals surface area contributed by atoms with Crippen LogP contribution in [0.5, 0.6) is 0 Å². The highest BCUT2D eigenvalue weighted by Gasteiger charge is 2.38. The maximum atomic E-state index is 12.5. The third kappa shape index (κ3) is 3.44. The summed E-state index contributed by atoms with van der Waals surface area (Å²) in [6, 6.07) is 5.36. The van der Waals surface area contributed by atoms with Crippen molar-refractivity contribution in [2.45, 2.75) is 59.0 Å². The lowest BCUT2D eigenvalue weighted by Crippen LogP contribution is -2.52. The molecule has 0 aromatic heterocycles. The van der Waals surface area contributed by atoms with Gasteiger partial charge in [-0.2, -0.15) is 0 Å². The lowest BCUT2D eigenvalue weighted by molar-refractivity contribution is -0.136. The van der Waals surface area contributed by atoms with E-state index in [-0.39, 0.29) is 24.1 Å². The number of benzene rings is 1. The van der Waals surface area contributed by atoms with Gasteiger partial charge >= 0.3 is 0 Å². The van der Waals surface area contributed by atoms with Gasteiger partial charge in [-0.1, -0.05) is 39.3 Å². The summed E-state index contributed by atoms with van der Waals surface area (Å²) in [5.41, 5.74) is 2.88. The van der Waals surface area contributed by atoms with E-state index in [1.165, 1.54) is 5.56 Å². The number of hydrogen-bond acceptors (Lipinski definition) is 3. The van der Waals surface area contributed by atoms with Gasteiger partial charge in [-0.3, -0.25) is 19.7 Å². The van der Waals surface area contributed by atoms with Crippen molar-refractivity contribution < 1.29 is 14.4 Å². The number of carbonyl (C=O) groups excluding carboxylic acids is 3. The zero-order valence-electron chi connectivity index (χ0n) is 14.0. The second-order valence-electron chi connectivity index (χ2n) is 5.64. The normalized spacial score (nSPS) is 19.9. The Morgan fingerprint density at radius 2 is 1.96 bits per heavy atom. The first-order valence-corrected chi connectivity index (χ1v) is 8.36. The molecule has 23 heavy (non-hydrogen) atoms. The van der Waals surface area contributed by atoms with Crippen LogP contribution in [0, 0.1) is 0 Å². The van der Waals surface area contributed by atoms with Crippen LogP contribution < -0.4 is 5.32 Å². The van der Waals surface area contributed by atoms with Gasteiger partial charge in [0.25, 0.3) is 5.91 Å². The first kappa shape index (κ1) is 17.2. The predicted molar refractivity (Wildman–Crippen MR) is 87.8 cm³/mol. The Bertz CT molecular complexity index is 625. The number of aryl methyl sites for hydroxylation is 1. The van der Waals surface area contributed by atoms with Crippen molar-refractivity contribution in [3.8, 4) is 0 Å². The quantitative estimate of drug-likeness (QED) is 0.871. The van der Waals surface area contributed by atoms with Crippen LogP contribution in [0.1, 0.15) is 61.5 Å². The van der Waals surface area contributed by atoms with Gasteiger partial charge in [-0.05, 0) is 30.0 Å². The molecule has 1 unspecified atom stereocenters. The minimum Gasteiger partial charge on any atom is -0.322 e. The number of hydrogen-bond donors (Lipinski definition) is 1. The van der Waals surface area contributed by atoms with E-state index in [9.17, 15) is 14.4 Å². The summed E-state index contributed by atoms with van der Waals surface area (Å²) >= 11 is 0. The average Bonchev–Trinajstić information content (AvgIpc) is 2.86. The average molecular weight is 316 g/mol. The van der Waals surface area contributed by atoms with Crippen molar-refractivity contribution in [3.05, 3.63) is 34.9 Å². The summed E-state index contributed by atoms with van der Waals surface area (Å²) in [4.78, 5) is 37.2. The van der Waals surface area contributed by atoms with E-state index in [1.807, 2.05) is 26.0 Å². The van der Waals surface area contributed by atoms with E-state index >= 15 is 0 Å². The molecule has 3 amide bonds. The fraction of sp³-hybridized carbons (Fsp3) is 0.500. The molecule has 0 spiro atoms. The monoisotopic (exact) mass is 316 g/mol. The molecule has 0 aliphatic carbocycles. The Hall–Kier alpha value is -2.17. The predicted octanol–water partition coefficient (Wildman–Crippen LogP) is 2.43. The maximum Gasteiger partial charge on any atom is 0.255 e. The molecule has 1 N–H and O–H groups in total. The molecule has 124 valence electrons. The van der Waals surface area contributed by atoms with E-state index in [4.69, 9.17) is 0 Å². The molecule has 3 rings (SSSR count). The molecule has 0 saturated carbocycles. The maximum absolute atomic E-state index is 12.5. The molecule has 1 aromatic rings. The molecule has 0 bridgehead atoms.